The lowest BCUT2D eigenvalue weighted by Crippen LogP contribution is -2.17. The Kier molecular flexibility index (Phi) is 7.16. The Hall–Kier alpha value is -3.91. The van der Waals surface area contributed by atoms with E-state index in [0.29, 0.717) is 19.6 Å². The van der Waals surface area contributed by atoms with Crippen LogP contribution in [0.2, 0.25) is 0 Å². The van der Waals surface area contributed by atoms with Crippen molar-refractivity contribution < 1.29 is 28.7 Å². The van der Waals surface area contributed by atoms with Gasteiger partial charge in [-0.1, -0.05) is 60.7 Å². The highest BCUT2D eigenvalue weighted by atomic mass is 16.6. The summed E-state index contributed by atoms with van der Waals surface area (Å²) >= 11 is 0. The minimum atomic E-state index is -0.812. The average molecular weight is 449 g/mol. The molecule has 0 spiro atoms. The molecule has 0 N–H and O–H groups in total. The molecule has 1 atom stereocenters. The molecule has 1 unspecified atom stereocenters. The second kappa shape index (κ2) is 10.6. The number of carbonyl (C=O) groups excluding carboxylic acids is 1. The second-order valence-electron chi connectivity index (χ2n) is 7.51. The van der Waals surface area contributed by atoms with Gasteiger partial charge in [0.2, 0.25) is 0 Å². The molecular formula is C25H23NO7. The minimum Gasteiger partial charge on any atom is -0.485 e. The van der Waals surface area contributed by atoms with Gasteiger partial charge in [0.05, 0.1) is 24.2 Å². The van der Waals surface area contributed by atoms with E-state index in [1.165, 1.54) is 12.1 Å². The number of nitro benzene ring substituents is 1. The van der Waals surface area contributed by atoms with Crippen LogP contribution in [0, 0.1) is 10.1 Å². The summed E-state index contributed by atoms with van der Waals surface area (Å²) in [5, 5.41) is 11.8. The summed E-state index contributed by atoms with van der Waals surface area (Å²) in [5.41, 5.74) is 1.06. The van der Waals surface area contributed by atoms with Crippen LogP contribution in [0.1, 0.15) is 27.9 Å². The molecule has 1 aliphatic heterocycles. The van der Waals surface area contributed by atoms with Crippen molar-refractivity contribution in [2.45, 2.75) is 25.7 Å². The summed E-state index contributed by atoms with van der Waals surface area (Å²) in [6.45, 7) is 1.13. The van der Waals surface area contributed by atoms with Gasteiger partial charge in [-0.2, -0.15) is 0 Å². The first kappa shape index (κ1) is 22.3. The molecule has 0 amide bonds. The lowest BCUT2D eigenvalue weighted by Gasteiger charge is -2.17. The van der Waals surface area contributed by atoms with Crippen LogP contribution in [0.25, 0.3) is 0 Å². The van der Waals surface area contributed by atoms with Crippen molar-refractivity contribution in [3.63, 3.8) is 0 Å². The van der Waals surface area contributed by atoms with E-state index in [4.69, 9.17) is 18.9 Å². The van der Waals surface area contributed by atoms with Gasteiger partial charge in [0, 0.05) is 12.5 Å². The van der Waals surface area contributed by atoms with Crippen molar-refractivity contribution in [1.29, 1.82) is 0 Å². The molecule has 0 bridgehead atoms. The molecule has 0 saturated carbocycles. The van der Waals surface area contributed by atoms with Gasteiger partial charge >= 0.3 is 5.97 Å². The lowest BCUT2D eigenvalue weighted by molar-refractivity contribution is -0.385. The molecule has 1 aliphatic rings. The maximum atomic E-state index is 12.8. The Morgan fingerprint density at radius 2 is 1.64 bits per heavy atom. The van der Waals surface area contributed by atoms with Gasteiger partial charge in [0.15, 0.2) is 11.5 Å². The van der Waals surface area contributed by atoms with Gasteiger partial charge < -0.3 is 18.9 Å². The van der Waals surface area contributed by atoms with Crippen LogP contribution in [0.4, 0.5) is 5.69 Å². The number of benzene rings is 3. The molecule has 1 saturated heterocycles. The molecule has 8 heteroatoms. The van der Waals surface area contributed by atoms with Gasteiger partial charge in [-0.25, -0.2) is 4.79 Å². The minimum absolute atomic E-state index is 0.00422. The van der Waals surface area contributed by atoms with Gasteiger partial charge in [-0.15, -0.1) is 0 Å². The Labute approximate surface area is 190 Å². The largest absolute Gasteiger partial charge is 0.485 e. The Morgan fingerprint density at radius 3 is 2.24 bits per heavy atom. The van der Waals surface area contributed by atoms with Crippen molar-refractivity contribution in [2.24, 2.45) is 0 Å². The van der Waals surface area contributed by atoms with Gasteiger partial charge in [0.1, 0.15) is 24.9 Å². The number of nitro groups is 1. The number of ether oxygens (including phenoxy) is 4. The van der Waals surface area contributed by atoms with Crippen LogP contribution in [-0.2, 0) is 22.7 Å². The predicted octanol–water partition coefficient (Wildman–Crippen LogP) is 4.70. The zero-order chi connectivity index (χ0) is 23.0. The smallest absolute Gasteiger partial charge is 0.345 e. The molecule has 3 aromatic carbocycles. The number of nitrogens with zero attached hydrogens (tertiary/aromatic N) is 1. The van der Waals surface area contributed by atoms with E-state index in [1.54, 1.807) is 12.1 Å². The first-order chi connectivity index (χ1) is 16.1. The van der Waals surface area contributed by atoms with E-state index >= 15 is 0 Å². The molecule has 3 aromatic rings. The molecule has 4 rings (SSSR count). The van der Waals surface area contributed by atoms with Gasteiger partial charge in [-0.05, 0) is 11.1 Å². The Morgan fingerprint density at radius 1 is 0.970 bits per heavy atom. The van der Waals surface area contributed by atoms with E-state index < -0.39 is 16.6 Å². The molecular weight excluding hydrogens is 426 g/mol. The zero-order valence-corrected chi connectivity index (χ0v) is 17.8. The maximum absolute atomic E-state index is 12.8. The lowest BCUT2D eigenvalue weighted by atomic mass is 10.1. The monoisotopic (exact) mass is 449 g/mol. The molecule has 1 heterocycles. The number of hydrogen-bond acceptors (Lipinski definition) is 7. The summed E-state index contributed by atoms with van der Waals surface area (Å²) < 4.78 is 22.6. The maximum Gasteiger partial charge on any atom is 0.345 e. The van der Waals surface area contributed by atoms with Crippen molar-refractivity contribution in [2.75, 3.05) is 13.2 Å². The van der Waals surface area contributed by atoms with E-state index in [0.717, 1.165) is 11.1 Å². The van der Waals surface area contributed by atoms with Crippen molar-refractivity contribution in [1.82, 2.24) is 0 Å². The standard InChI is InChI=1S/C25H23NO7/c27-25(32-16-19-9-5-2-6-10-19)21-13-24(33-20-11-12-30-17-20)23(14-22(21)26(28)29)31-15-18-7-3-1-4-8-18/h1-10,13-14,20H,11-12,15-17H2. The SMILES string of the molecule is O=C(OCc1ccccc1)c1cc(OC2CCOC2)c(OCc2ccccc2)cc1[N+](=O)[O-]. The normalized spacial score (nSPS) is 15.1. The third-order valence-electron chi connectivity index (χ3n) is 5.11. The molecule has 1 fully saturated rings. The van der Waals surface area contributed by atoms with E-state index in [1.807, 2.05) is 48.5 Å². The predicted molar refractivity (Wildman–Crippen MR) is 119 cm³/mol. The first-order valence-corrected chi connectivity index (χ1v) is 10.5. The quantitative estimate of drug-likeness (QED) is 0.265. The molecule has 0 aliphatic carbocycles. The third-order valence-corrected chi connectivity index (χ3v) is 5.11. The van der Waals surface area contributed by atoms with Crippen molar-refractivity contribution >= 4 is 11.7 Å². The Bertz CT molecular complexity index is 1100. The molecule has 0 radical (unpaired) electrons. The van der Waals surface area contributed by atoms with Crippen LogP contribution in [0.15, 0.2) is 72.8 Å². The third kappa shape index (κ3) is 5.87. The molecule has 170 valence electrons. The second-order valence-corrected chi connectivity index (χ2v) is 7.51. The zero-order valence-electron chi connectivity index (χ0n) is 17.8. The van der Waals surface area contributed by atoms with Gasteiger partial charge in [0.25, 0.3) is 5.69 Å². The van der Waals surface area contributed by atoms with Crippen LogP contribution in [-0.4, -0.2) is 30.2 Å². The van der Waals surface area contributed by atoms with Crippen molar-refractivity contribution in [3.05, 3.63) is 99.6 Å². The molecule has 33 heavy (non-hydrogen) atoms. The highest BCUT2D eigenvalue weighted by Gasteiger charge is 2.28. The Balaban J connectivity index is 1.61. The number of esters is 1. The summed E-state index contributed by atoms with van der Waals surface area (Å²) in [6, 6.07) is 21.0. The van der Waals surface area contributed by atoms with Crippen LogP contribution in [0.5, 0.6) is 11.5 Å². The van der Waals surface area contributed by atoms with Crippen molar-refractivity contribution in [3.8, 4) is 11.5 Å². The fourth-order valence-corrected chi connectivity index (χ4v) is 3.39. The van der Waals surface area contributed by atoms with E-state index in [2.05, 4.69) is 0 Å². The summed E-state index contributed by atoms with van der Waals surface area (Å²) in [6.07, 6.45) is 0.432. The molecule has 8 nitrogen and oxygen atoms in total. The highest BCUT2D eigenvalue weighted by molar-refractivity contribution is 5.95. The summed E-state index contributed by atoms with van der Waals surface area (Å²) in [7, 11) is 0. The van der Waals surface area contributed by atoms with Crippen LogP contribution < -0.4 is 9.47 Å². The number of hydrogen-bond donors (Lipinski definition) is 0. The average Bonchev–Trinajstić information content (AvgIpc) is 3.36. The fraction of sp³-hybridized carbons (Fsp3) is 0.240. The summed E-state index contributed by atoms with van der Waals surface area (Å²) in [5.74, 6) is -0.400. The van der Waals surface area contributed by atoms with E-state index in [-0.39, 0.29) is 36.4 Å². The van der Waals surface area contributed by atoms with Gasteiger partial charge in [-0.3, -0.25) is 10.1 Å². The molecule has 0 aromatic heterocycles. The first-order valence-electron chi connectivity index (χ1n) is 10.5. The number of carbonyl (C=O) groups is 1. The highest BCUT2D eigenvalue weighted by Crippen LogP contribution is 2.37. The van der Waals surface area contributed by atoms with Crippen LogP contribution in [0.3, 0.4) is 0 Å². The fourth-order valence-electron chi connectivity index (χ4n) is 3.39. The topological polar surface area (TPSA) is 97.1 Å². The van der Waals surface area contributed by atoms with Crippen LogP contribution >= 0.6 is 0 Å². The summed E-state index contributed by atoms with van der Waals surface area (Å²) in [4.78, 5) is 23.9. The number of rotatable bonds is 9. The van der Waals surface area contributed by atoms with E-state index in [9.17, 15) is 14.9 Å².